The van der Waals surface area contributed by atoms with Gasteiger partial charge in [0.1, 0.15) is 0 Å². The van der Waals surface area contributed by atoms with E-state index in [1.54, 1.807) is 0 Å². The molecule has 2 aromatic rings. The lowest BCUT2D eigenvalue weighted by Gasteiger charge is -2.18. The highest BCUT2D eigenvalue weighted by molar-refractivity contribution is 6.23. The van der Waals surface area contributed by atoms with Crippen molar-refractivity contribution in [3.8, 4) is 0 Å². The van der Waals surface area contributed by atoms with Crippen LogP contribution < -0.4 is 4.90 Å². The molecule has 5 rings (SSSR count). The quantitative estimate of drug-likeness (QED) is 0.796. The van der Waals surface area contributed by atoms with E-state index in [1.807, 2.05) is 48.9 Å². The molecule has 2 amide bonds. The number of nitrogens with zero attached hydrogens (tertiary/aromatic N) is 3. The Hall–Kier alpha value is -2.47. The zero-order valence-electron chi connectivity index (χ0n) is 14.9. The molecule has 1 aromatic carbocycles. The van der Waals surface area contributed by atoms with Crippen molar-refractivity contribution in [1.82, 2.24) is 9.78 Å². The third-order valence-corrected chi connectivity index (χ3v) is 6.03. The van der Waals surface area contributed by atoms with Crippen LogP contribution in [0.3, 0.4) is 0 Å². The molecule has 0 N–H and O–H groups in total. The molecule has 0 aliphatic carbocycles. The molecule has 4 heterocycles. The minimum Gasteiger partial charge on any atom is -0.373 e. The standard InChI is InChI=1S/C20H21N3O3/c1-11-18(12(2)22(21-11)10-13-6-4-3-5-7-13)23-19(24)16-14-8-9-15(26-14)17(16)20(23)25/h3-7,14-17H,8-10H2,1-2H3/t14-,15-,16-,17+/m1/s1. The van der Waals surface area contributed by atoms with E-state index in [4.69, 9.17) is 4.74 Å². The first-order valence-electron chi connectivity index (χ1n) is 9.17. The van der Waals surface area contributed by atoms with Crippen LogP contribution in [0.5, 0.6) is 0 Å². The summed E-state index contributed by atoms with van der Waals surface area (Å²) in [6, 6.07) is 10.1. The van der Waals surface area contributed by atoms with Crippen LogP contribution in [0.1, 0.15) is 29.8 Å². The van der Waals surface area contributed by atoms with Gasteiger partial charge in [0.25, 0.3) is 0 Å². The number of aryl methyl sites for hydroxylation is 1. The van der Waals surface area contributed by atoms with E-state index in [2.05, 4.69) is 5.10 Å². The molecule has 6 heteroatoms. The number of anilines is 1. The fraction of sp³-hybridized carbons (Fsp3) is 0.450. The molecule has 2 bridgehead atoms. The van der Waals surface area contributed by atoms with Gasteiger partial charge in [0.15, 0.2) is 0 Å². The van der Waals surface area contributed by atoms with Crippen molar-refractivity contribution in [2.75, 3.05) is 4.90 Å². The number of aromatic nitrogens is 2. The van der Waals surface area contributed by atoms with Crippen LogP contribution in [-0.2, 0) is 20.9 Å². The number of ether oxygens (including phenoxy) is 1. The lowest BCUT2D eigenvalue weighted by Crippen LogP contribution is -2.35. The summed E-state index contributed by atoms with van der Waals surface area (Å²) in [5.74, 6) is -0.842. The van der Waals surface area contributed by atoms with Crippen molar-refractivity contribution in [1.29, 1.82) is 0 Å². The number of rotatable bonds is 3. The van der Waals surface area contributed by atoms with Gasteiger partial charge < -0.3 is 4.74 Å². The highest BCUT2D eigenvalue weighted by Crippen LogP contribution is 2.50. The van der Waals surface area contributed by atoms with Crippen LogP contribution in [0.15, 0.2) is 30.3 Å². The highest BCUT2D eigenvalue weighted by Gasteiger charge is 2.63. The van der Waals surface area contributed by atoms with Crippen LogP contribution in [-0.4, -0.2) is 33.8 Å². The molecular formula is C20H21N3O3. The Morgan fingerprint density at radius 3 is 2.27 bits per heavy atom. The van der Waals surface area contributed by atoms with Gasteiger partial charge in [0.05, 0.1) is 47.7 Å². The maximum atomic E-state index is 13.0. The van der Waals surface area contributed by atoms with E-state index in [0.717, 1.165) is 24.1 Å². The minimum atomic E-state index is -0.308. The van der Waals surface area contributed by atoms with Gasteiger partial charge in [-0.3, -0.25) is 14.3 Å². The van der Waals surface area contributed by atoms with E-state index in [1.165, 1.54) is 4.90 Å². The number of hydrogen-bond acceptors (Lipinski definition) is 4. The van der Waals surface area contributed by atoms with Gasteiger partial charge in [-0.15, -0.1) is 0 Å². The van der Waals surface area contributed by atoms with E-state index >= 15 is 0 Å². The Kier molecular flexibility index (Phi) is 3.34. The summed E-state index contributed by atoms with van der Waals surface area (Å²) in [5.41, 5.74) is 3.35. The minimum absolute atomic E-state index is 0.0913. The van der Waals surface area contributed by atoms with Gasteiger partial charge in [-0.1, -0.05) is 30.3 Å². The van der Waals surface area contributed by atoms with Gasteiger partial charge >= 0.3 is 0 Å². The van der Waals surface area contributed by atoms with Crippen LogP contribution >= 0.6 is 0 Å². The Morgan fingerprint density at radius 1 is 1.04 bits per heavy atom. The number of carbonyl (C=O) groups excluding carboxylic acids is 2. The van der Waals surface area contributed by atoms with Crippen LogP contribution in [0.25, 0.3) is 0 Å². The molecule has 134 valence electrons. The first-order valence-corrected chi connectivity index (χ1v) is 9.17. The molecule has 0 unspecified atom stereocenters. The van der Waals surface area contributed by atoms with Crippen molar-refractivity contribution in [3.63, 3.8) is 0 Å². The topological polar surface area (TPSA) is 64.4 Å². The van der Waals surface area contributed by atoms with Crippen molar-refractivity contribution >= 4 is 17.5 Å². The number of fused-ring (bicyclic) bond motifs is 5. The first kappa shape index (κ1) is 15.8. The Morgan fingerprint density at radius 2 is 1.65 bits per heavy atom. The summed E-state index contributed by atoms with van der Waals surface area (Å²) in [7, 11) is 0. The van der Waals surface area contributed by atoms with Crippen molar-refractivity contribution < 1.29 is 14.3 Å². The maximum absolute atomic E-state index is 13.0. The van der Waals surface area contributed by atoms with E-state index in [9.17, 15) is 9.59 Å². The third-order valence-electron chi connectivity index (χ3n) is 6.03. The number of carbonyl (C=O) groups is 2. The van der Waals surface area contributed by atoms with Crippen LogP contribution in [0.4, 0.5) is 5.69 Å². The molecule has 3 aliphatic heterocycles. The lowest BCUT2D eigenvalue weighted by molar-refractivity contribution is -0.124. The normalized spacial score (nSPS) is 29.7. The molecule has 6 nitrogen and oxygen atoms in total. The molecule has 3 aliphatic rings. The summed E-state index contributed by atoms with van der Waals surface area (Å²) in [5, 5.41) is 4.61. The third kappa shape index (κ3) is 2.05. The zero-order chi connectivity index (χ0) is 18.0. The first-order chi connectivity index (χ1) is 12.6. The average Bonchev–Trinajstić information content (AvgIpc) is 3.36. The Bertz CT molecular complexity index is 877. The smallest absolute Gasteiger partial charge is 0.240 e. The molecule has 3 fully saturated rings. The molecule has 0 saturated carbocycles. The van der Waals surface area contributed by atoms with Crippen molar-refractivity contribution in [3.05, 3.63) is 47.3 Å². The summed E-state index contributed by atoms with van der Waals surface area (Å²) in [6.45, 7) is 4.41. The van der Waals surface area contributed by atoms with Gasteiger partial charge in [0.2, 0.25) is 11.8 Å². The number of amides is 2. The van der Waals surface area contributed by atoms with Crippen LogP contribution in [0, 0.1) is 25.7 Å². The molecule has 4 atom stereocenters. The Balaban J connectivity index is 1.51. The second kappa shape index (κ2) is 5.51. The molecule has 26 heavy (non-hydrogen) atoms. The summed E-state index contributed by atoms with van der Waals surface area (Å²) >= 11 is 0. The van der Waals surface area contributed by atoms with E-state index < -0.39 is 0 Å². The van der Waals surface area contributed by atoms with Crippen molar-refractivity contribution in [2.45, 2.75) is 45.4 Å². The predicted octanol–water partition coefficient (Wildman–Crippen LogP) is 2.22. The second-order valence-electron chi connectivity index (χ2n) is 7.52. The van der Waals surface area contributed by atoms with Crippen molar-refractivity contribution in [2.24, 2.45) is 11.8 Å². The second-order valence-corrected chi connectivity index (χ2v) is 7.52. The number of imide groups is 1. The SMILES string of the molecule is Cc1nn(Cc2ccccc2)c(C)c1N1C(=O)[C@@H]2[C@H](C1=O)[C@H]1CC[C@H]2O1. The number of benzene rings is 1. The van der Waals surface area contributed by atoms with Gasteiger partial charge in [-0.05, 0) is 32.3 Å². The van der Waals surface area contributed by atoms with Gasteiger partial charge in [0, 0.05) is 0 Å². The fourth-order valence-corrected chi connectivity index (χ4v) is 4.85. The molecule has 1 aromatic heterocycles. The average molecular weight is 351 g/mol. The monoisotopic (exact) mass is 351 g/mol. The summed E-state index contributed by atoms with van der Waals surface area (Å²) in [6.07, 6.45) is 1.58. The summed E-state index contributed by atoms with van der Waals surface area (Å²) in [4.78, 5) is 27.5. The Labute approximate surface area is 151 Å². The lowest BCUT2D eigenvalue weighted by atomic mass is 9.81. The highest BCUT2D eigenvalue weighted by atomic mass is 16.5. The molecular weight excluding hydrogens is 330 g/mol. The predicted molar refractivity (Wildman–Crippen MR) is 94.6 cm³/mol. The molecule has 0 radical (unpaired) electrons. The molecule has 0 spiro atoms. The summed E-state index contributed by atoms with van der Waals surface area (Å²) < 4.78 is 7.69. The van der Waals surface area contributed by atoms with E-state index in [-0.39, 0.29) is 35.9 Å². The van der Waals surface area contributed by atoms with Gasteiger partial charge in [-0.25, -0.2) is 4.90 Å². The van der Waals surface area contributed by atoms with E-state index in [0.29, 0.717) is 17.9 Å². The van der Waals surface area contributed by atoms with Gasteiger partial charge in [-0.2, -0.15) is 5.10 Å². The molecule has 3 saturated heterocycles. The zero-order valence-corrected chi connectivity index (χ0v) is 14.9. The van der Waals surface area contributed by atoms with Crippen LogP contribution in [0.2, 0.25) is 0 Å². The number of hydrogen-bond donors (Lipinski definition) is 0. The maximum Gasteiger partial charge on any atom is 0.240 e. The fourth-order valence-electron chi connectivity index (χ4n) is 4.85. The largest absolute Gasteiger partial charge is 0.373 e.